The molecule has 0 saturated carbocycles. The summed E-state index contributed by atoms with van der Waals surface area (Å²) < 4.78 is 0. The number of nitrogens with zero attached hydrogens (tertiary/aromatic N) is 1. The van der Waals surface area contributed by atoms with E-state index < -0.39 is 0 Å². The van der Waals surface area contributed by atoms with Crippen molar-refractivity contribution in [2.45, 2.75) is 19.3 Å². The molecule has 1 N–H and O–H groups in total. The van der Waals surface area contributed by atoms with E-state index in [1.165, 1.54) is 105 Å². The molecule has 271 valence electrons. The fraction of sp³-hybridized carbons (Fsp3) is 0.0545. The first-order chi connectivity index (χ1) is 28.5. The molecule has 3 heteroatoms. The molecule has 0 unspecified atom stereocenters. The molecule has 12 rings (SSSR count). The third-order valence-electron chi connectivity index (χ3n) is 12.8. The van der Waals surface area contributed by atoms with Crippen LogP contribution in [0.2, 0.25) is 0 Å². The predicted octanol–water partition coefficient (Wildman–Crippen LogP) is 13.2. The first-order valence-corrected chi connectivity index (χ1v) is 20.3. The lowest BCUT2D eigenvalue weighted by Gasteiger charge is -2.37. The number of hydrogen-bond donors (Lipinski definition) is 1. The van der Waals surface area contributed by atoms with Crippen LogP contribution in [0.3, 0.4) is 0 Å². The van der Waals surface area contributed by atoms with Gasteiger partial charge in [0.05, 0.1) is 5.52 Å². The lowest BCUT2D eigenvalue weighted by Crippen LogP contribution is -2.42. The van der Waals surface area contributed by atoms with Gasteiger partial charge in [0.25, 0.3) is 0 Å². The summed E-state index contributed by atoms with van der Waals surface area (Å²) >= 11 is 0. The number of fused-ring (bicyclic) bond motifs is 10. The van der Waals surface area contributed by atoms with Crippen molar-refractivity contribution in [1.29, 1.82) is 0 Å². The van der Waals surface area contributed by atoms with Gasteiger partial charge in [-0.25, -0.2) is 0 Å². The summed E-state index contributed by atoms with van der Waals surface area (Å²) in [5, 5.41) is 5.06. The maximum Gasteiger partial charge on any atom is 0.197 e. The van der Waals surface area contributed by atoms with Gasteiger partial charge in [0.15, 0.2) is 7.28 Å². The SMILES string of the molecule is CC1(C)c2ccccc2-c2cc3c(c(-c4cccc5c4[nH]c4ccc6ccccc6c45)c21)[B]c1cc(-c2ccccc2)ccc1N3c1ccc(-c2ccccc2)cc1. The Bertz CT molecular complexity index is 3270. The molecule has 1 aliphatic heterocycles. The molecule has 1 aromatic heterocycles. The summed E-state index contributed by atoms with van der Waals surface area (Å²) in [6.07, 6.45) is 0. The number of aromatic nitrogens is 1. The van der Waals surface area contributed by atoms with Gasteiger partial charge in [-0.15, -0.1) is 0 Å². The van der Waals surface area contributed by atoms with E-state index in [0.29, 0.717) is 0 Å². The molecule has 0 saturated heterocycles. The normalized spacial score (nSPS) is 13.6. The van der Waals surface area contributed by atoms with Gasteiger partial charge in [-0.2, -0.15) is 0 Å². The second-order valence-corrected chi connectivity index (χ2v) is 16.4. The first kappa shape index (κ1) is 33.1. The van der Waals surface area contributed by atoms with Crippen LogP contribution in [0.25, 0.3) is 77.1 Å². The minimum absolute atomic E-state index is 0.237. The van der Waals surface area contributed by atoms with Gasteiger partial charge in [0, 0.05) is 44.3 Å². The lowest BCUT2D eigenvalue weighted by atomic mass is 9.56. The van der Waals surface area contributed by atoms with Crippen molar-refractivity contribution < 1.29 is 0 Å². The average Bonchev–Trinajstić information content (AvgIpc) is 3.78. The molecule has 1 aliphatic carbocycles. The fourth-order valence-electron chi connectivity index (χ4n) is 10.1. The van der Waals surface area contributed by atoms with Crippen molar-refractivity contribution in [2.75, 3.05) is 4.90 Å². The van der Waals surface area contributed by atoms with E-state index in [4.69, 9.17) is 0 Å². The minimum Gasteiger partial charge on any atom is -0.354 e. The van der Waals surface area contributed by atoms with Gasteiger partial charge in [-0.1, -0.05) is 177 Å². The smallest absolute Gasteiger partial charge is 0.197 e. The zero-order valence-electron chi connectivity index (χ0n) is 32.4. The van der Waals surface area contributed by atoms with Crippen LogP contribution in [0, 0.1) is 0 Å². The van der Waals surface area contributed by atoms with Crippen molar-refractivity contribution in [3.63, 3.8) is 0 Å². The highest BCUT2D eigenvalue weighted by Gasteiger charge is 2.41. The molecule has 1 radical (unpaired) electrons. The van der Waals surface area contributed by atoms with Gasteiger partial charge < -0.3 is 9.88 Å². The quantitative estimate of drug-likeness (QED) is 0.178. The van der Waals surface area contributed by atoms with Crippen LogP contribution < -0.4 is 15.8 Å². The van der Waals surface area contributed by atoms with E-state index >= 15 is 0 Å². The zero-order chi connectivity index (χ0) is 38.5. The van der Waals surface area contributed by atoms with Crippen LogP contribution in [0.4, 0.5) is 17.1 Å². The molecule has 0 fully saturated rings. The monoisotopic (exact) mass is 737 g/mol. The van der Waals surface area contributed by atoms with Crippen molar-refractivity contribution in [3.05, 3.63) is 199 Å². The van der Waals surface area contributed by atoms with Crippen LogP contribution in [0.1, 0.15) is 25.0 Å². The van der Waals surface area contributed by atoms with Crippen LogP contribution in [0.5, 0.6) is 0 Å². The molecule has 2 aliphatic rings. The van der Waals surface area contributed by atoms with Gasteiger partial charge in [-0.3, -0.25) is 0 Å². The maximum atomic E-state index is 3.97. The second kappa shape index (κ2) is 12.5. The molecule has 10 aromatic rings. The number of anilines is 3. The van der Waals surface area contributed by atoms with E-state index in [1.54, 1.807) is 0 Å². The third-order valence-corrected chi connectivity index (χ3v) is 12.8. The topological polar surface area (TPSA) is 19.0 Å². The molecule has 0 atom stereocenters. The third kappa shape index (κ3) is 4.80. The Balaban J connectivity index is 1.17. The molecule has 9 aromatic carbocycles. The number of hydrogen-bond acceptors (Lipinski definition) is 1. The van der Waals surface area contributed by atoms with Crippen molar-refractivity contribution in [2.24, 2.45) is 0 Å². The summed E-state index contributed by atoms with van der Waals surface area (Å²) in [6.45, 7) is 4.83. The van der Waals surface area contributed by atoms with Crippen LogP contribution in [-0.4, -0.2) is 12.3 Å². The lowest BCUT2D eigenvalue weighted by molar-refractivity contribution is 0.662. The largest absolute Gasteiger partial charge is 0.354 e. The van der Waals surface area contributed by atoms with E-state index in [1.807, 2.05) is 0 Å². The van der Waals surface area contributed by atoms with Crippen molar-refractivity contribution in [3.8, 4) is 44.5 Å². The average molecular weight is 738 g/mol. The number of aromatic amines is 1. The van der Waals surface area contributed by atoms with Crippen LogP contribution >= 0.6 is 0 Å². The van der Waals surface area contributed by atoms with Crippen molar-refractivity contribution in [1.82, 2.24) is 4.98 Å². The van der Waals surface area contributed by atoms with E-state index in [-0.39, 0.29) is 5.41 Å². The standard InChI is InChI=1S/C55H38BN2/c1-55(2)45-23-12-11-20-41(45)44-33-49-53(51(52(44)55)43-22-13-21-42-50-40-19-10-9-18-37(40)26-30-47(50)57-54(42)43)56-46-32-38(35-16-7-4-8-17-35)27-31-48(46)58(49)39-28-24-36(25-29-39)34-14-5-3-6-15-34/h3-33,57H,1-2H3. The van der Waals surface area contributed by atoms with Crippen LogP contribution in [0.15, 0.2) is 188 Å². The highest BCUT2D eigenvalue weighted by molar-refractivity contribution is 6.73. The molecule has 0 spiro atoms. The molecule has 0 bridgehead atoms. The molecular formula is C55H38BN2. The van der Waals surface area contributed by atoms with E-state index in [2.05, 4.69) is 219 Å². The van der Waals surface area contributed by atoms with Gasteiger partial charge in [-0.05, 0) is 96.6 Å². The first-order valence-electron chi connectivity index (χ1n) is 20.3. The Kier molecular flexibility index (Phi) is 7.10. The summed E-state index contributed by atoms with van der Waals surface area (Å²) in [6, 6.07) is 69.2. The number of nitrogens with one attached hydrogen (secondary N) is 1. The maximum absolute atomic E-state index is 3.97. The van der Waals surface area contributed by atoms with Gasteiger partial charge in [0.1, 0.15) is 0 Å². The summed E-state index contributed by atoms with van der Waals surface area (Å²) in [4.78, 5) is 6.48. The number of benzene rings is 9. The highest BCUT2D eigenvalue weighted by atomic mass is 15.1. The fourth-order valence-corrected chi connectivity index (χ4v) is 10.1. The molecule has 58 heavy (non-hydrogen) atoms. The zero-order valence-corrected chi connectivity index (χ0v) is 32.4. The summed E-state index contributed by atoms with van der Waals surface area (Å²) in [5.41, 5.74) is 20.7. The molecule has 0 amide bonds. The Morgan fingerprint density at radius 3 is 1.97 bits per heavy atom. The Labute approximate surface area is 339 Å². The highest BCUT2D eigenvalue weighted by Crippen LogP contribution is 2.55. The number of rotatable bonds is 4. The van der Waals surface area contributed by atoms with Gasteiger partial charge in [0.2, 0.25) is 0 Å². The van der Waals surface area contributed by atoms with Crippen molar-refractivity contribution >= 4 is 67.8 Å². The van der Waals surface area contributed by atoms with E-state index in [0.717, 1.165) is 11.2 Å². The van der Waals surface area contributed by atoms with Gasteiger partial charge >= 0.3 is 0 Å². The summed E-state index contributed by atoms with van der Waals surface area (Å²) in [5.74, 6) is 0. The molecular weight excluding hydrogens is 699 g/mol. The predicted molar refractivity (Wildman–Crippen MR) is 247 cm³/mol. The molecule has 2 heterocycles. The second-order valence-electron chi connectivity index (χ2n) is 16.4. The Hall–Kier alpha value is -7.10. The Morgan fingerprint density at radius 2 is 1.16 bits per heavy atom. The number of H-pyrrole nitrogens is 1. The van der Waals surface area contributed by atoms with Crippen LogP contribution in [-0.2, 0) is 5.41 Å². The summed E-state index contributed by atoms with van der Waals surface area (Å²) in [7, 11) is 2.47. The minimum atomic E-state index is -0.237. The molecule has 2 nitrogen and oxygen atoms in total. The van der Waals surface area contributed by atoms with E-state index in [9.17, 15) is 0 Å². The number of para-hydroxylation sites is 1. The Morgan fingerprint density at radius 1 is 0.500 bits per heavy atom.